The molecule has 1 aromatic carbocycles. The summed E-state index contributed by atoms with van der Waals surface area (Å²) in [5.41, 5.74) is 5.67. The molecule has 0 saturated heterocycles. The van der Waals surface area contributed by atoms with E-state index in [1.807, 2.05) is 0 Å². The van der Waals surface area contributed by atoms with Crippen LogP contribution >= 0.6 is 0 Å². The molecule has 0 saturated carbocycles. The molecule has 4 nitrogen and oxygen atoms in total. The second kappa shape index (κ2) is 7.07. The van der Waals surface area contributed by atoms with E-state index < -0.39 is 17.6 Å². The number of aromatic nitrogens is 2. The average Bonchev–Trinajstić information content (AvgIpc) is 2.94. The number of amides is 1. The summed E-state index contributed by atoms with van der Waals surface area (Å²) in [5, 5.41) is 4.10. The minimum absolute atomic E-state index is 0.00656. The maximum atomic E-state index is 12.7. The molecular weight excluding hydrogens is 319 g/mol. The van der Waals surface area contributed by atoms with Crippen molar-refractivity contribution in [2.75, 3.05) is 0 Å². The molecule has 0 aliphatic heterocycles. The molecule has 1 amide bonds. The van der Waals surface area contributed by atoms with Crippen molar-refractivity contribution in [1.82, 2.24) is 9.78 Å². The Morgan fingerprint density at radius 2 is 1.88 bits per heavy atom. The summed E-state index contributed by atoms with van der Waals surface area (Å²) < 4.78 is 39.7. The van der Waals surface area contributed by atoms with Crippen LogP contribution in [0.2, 0.25) is 0 Å². The molecule has 130 valence electrons. The number of nitrogens with zero attached hydrogens (tertiary/aromatic N) is 2. The first-order valence-electron chi connectivity index (χ1n) is 7.66. The van der Waals surface area contributed by atoms with Gasteiger partial charge in [0.05, 0.1) is 17.3 Å². The third-order valence-electron chi connectivity index (χ3n) is 3.79. The molecule has 1 heterocycles. The molecule has 1 unspecified atom stereocenters. The van der Waals surface area contributed by atoms with Crippen molar-refractivity contribution in [3.63, 3.8) is 0 Å². The van der Waals surface area contributed by atoms with E-state index >= 15 is 0 Å². The number of primary amides is 1. The van der Waals surface area contributed by atoms with Gasteiger partial charge in [0.15, 0.2) is 0 Å². The van der Waals surface area contributed by atoms with E-state index in [9.17, 15) is 18.0 Å². The Morgan fingerprint density at radius 3 is 2.33 bits per heavy atom. The van der Waals surface area contributed by atoms with E-state index in [4.69, 9.17) is 5.73 Å². The van der Waals surface area contributed by atoms with Gasteiger partial charge >= 0.3 is 6.18 Å². The minimum Gasteiger partial charge on any atom is -0.366 e. The molecule has 0 bridgehead atoms. The molecule has 1 aromatic heterocycles. The van der Waals surface area contributed by atoms with Gasteiger partial charge in [-0.3, -0.25) is 9.48 Å². The fourth-order valence-electron chi connectivity index (χ4n) is 2.65. The van der Waals surface area contributed by atoms with E-state index in [2.05, 4.69) is 18.9 Å². The number of halogens is 3. The van der Waals surface area contributed by atoms with Crippen molar-refractivity contribution < 1.29 is 18.0 Å². The van der Waals surface area contributed by atoms with Crippen molar-refractivity contribution in [3.05, 3.63) is 53.3 Å². The molecule has 2 rings (SSSR count). The number of nitrogens with two attached hydrogens (primary N) is 1. The van der Waals surface area contributed by atoms with Crippen LogP contribution in [0.25, 0.3) is 0 Å². The highest BCUT2D eigenvalue weighted by Gasteiger charge is 2.30. The van der Waals surface area contributed by atoms with Crippen molar-refractivity contribution in [1.29, 1.82) is 0 Å². The summed E-state index contributed by atoms with van der Waals surface area (Å²) in [5.74, 6) is -0.201. The fourth-order valence-corrected chi connectivity index (χ4v) is 2.65. The molecule has 0 aliphatic rings. The van der Waals surface area contributed by atoms with Gasteiger partial charge in [-0.15, -0.1) is 0 Å². The zero-order chi connectivity index (χ0) is 17.9. The molecule has 1 atom stereocenters. The van der Waals surface area contributed by atoms with E-state index in [-0.39, 0.29) is 5.92 Å². The number of alkyl halides is 3. The zero-order valence-corrected chi connectivity index (χ0v) is 13.5. The van der Waals surface area contributed by atoms with Crippen LogP contribution in [0.1, 0.15) is 47.7 Å². The Labute approximate surface area is 138 Å². The minimum atomic E-state index is -4.34. The molecule has 0 fully saturated rings. The molecule has 0 aliphatic carbocycles. The van der Waals surface area contributed by atoms with Crippen LogP contribution < -0.4 is 5.73 Å². The first kappa shape index (κ1) is 18.0. The van der Waals surface area contributed by atoms with Gasteiger partial charge in [-0.1, -0.05) is 26.0 Å². The maximum Gasteiger partial charge on any atom is 0.416 e. The molecule has 2 aromatic rings. The molecule has 0 spiro atoms. The van der Waals surface area contributed by atoms with Crippen molar-refractivity contribution in [2.45, 2.75) is 38.9 Å². The first-order chi connectivity index (χ1) is 11.2. The lowest BCUT2D eigenvalue weighted by Gasteiger charge is -2.20. The van der Waals surface area contributed by atoms with Crippen LogP contribution in [0, 0.1) is 5.92 Å². The summed E-state index contributed by atoms with van der Waals surface area (Å²) in [6.07, 6.45) is -0.608. The lowest BCUT2D eigenvalue weighted by molar-refractivity contribution is -0.137. The molecule has 7 heteroatoms. The first-order valence-corrected chi connectivity index (χ1v) is 7.66. The van der Waals surface area contributed by atoms with Gasteiger partial charge < -0.3 is 5.73 Å². The van der Waals surface area contributed by atoms with E-state index in [0.717, 1.165) is 24.1 Å². The summed E-state index contributed by atoms with van der Waals surface area (Å²) in [7, 11) is 0. The second-order valence-corrected chi connectivity index (χ2v) is 6.26. The quantitative estimate of drug-likeness (QED) is 0.869. The van der Waals surface area contributed by atoms with Gasteiger partial charge in [0.1, 0.15) is 0 Å². The van der Waals surface area contributed by atoms with Gasteiger partial charge in [-0.2, -0.15) is 18.3 Å². The van der Waals surface area contributed by atoms with E-state index in [1.165, 1.54) is 18.3 Å². The number of carbonyl (C=O) groups excluding carboxylic acids is 1. The largest absolute Gasteiger partial charge is 0.416 e. The Morgan fingerprint density at radius 1 is 1.25 bits per heavy atom. The Balaban J connectivity index is 2.22. The average molecular weight is 339 g/mol. The van der Waals surface area contributed by atoms with E-state index in [1.54, 1.807) is 10.9 Å². The molecule has 2 N–H and O–H groups in total. The van der Waals surface area contributed by atoms with Crippen LogP contribution in [-0.4, -0.2) is 15.7 Å². The molecule has 24 heavy (non-hydrogen) atoms. The van der Waals surface area contributed by atoms with Crippen molar-refractivity contribution >= 4 is 5.91 Å². The monoisotopic (exact) mass is 339 g/mol. The van der Waals surface area contributed by atoms with Crippen molar-refractivity contribution in [3.8, 4) is 0 Å². The normalized spacial score (nSPS) is 13.2. The standard InChI is InChI=1S/C17H20F3N3O/c1-11(2)7-13(9-23-10-14(8-22-23)16(21)24)12-3-5-15(6-4-12)17(18,19)20/h3-6,8,10-11,13H,7,9H2,1-2H3,(H2,21,24). The molecule has 0 radical (unpaired) electrons. The maximum absolute atomic E-state index is 12.7. The highest BCUT2D eigenvalue weighted by Crippen LogP contribution is 2.32. The van der Waals surface area contributed by atoms with Crippen LogP contribution in [0.15, 0.2) is 36.7 Å². The Bertz CT molecular complexity index is 690. The van der Waals surface area contributed by atoms with E-state index in [0.29, 0.717) is 18.0 Å². The van der Waals surface area contributed by atoms with Gasteiger partial charge in [0, 0.05) is 18.7 Å². The fraction of sp³-hybridized carbons (Fsp3) is 0.412. The summed E-state index contributed by atoms with van der Waals surface area (Å²) in [6.45, 7) is 4.57. The topological polar surface area (TPSA) is 60.9 Å². The highest BCUT2D eigenvalue weighted by atomic mass is 19.4. The number of benzene rings is 1. The highest BCUT2D eigenvalue weighted by molar-refractivity contribution is 5.92. The summed E-state index contributed by atoms with van der Waals surface area (Å²) >= 11 is 0. The lowest BCUT2D eigenvalue weighted by Crippen LogP contribution is -2.13. The van der Waals surface area contributed by atoms with Crippen LogP contribution in [0.4, 0.5) is 13.2 Å². The van der Waals surface area contributed by atoms with Gasteiger partial charge in [-0.25, -0.2) is 0 Å². The Hall–Kier alpha value is -2.31. The predicted molar refractivity (Wildman–Crippen MR) is 84.4 cm³/mol. The number of carbonyl (C=O) groups is 1. The Kier molecular flexibility index (Phi) is 5.31. The summed E-state index contributed by atoms with van der Waals surface area (Å²) in [4.78, 5) is 11.1. The third-order valence-corrected chi connectivity index (χ3v) is 3.79. The van der Waals surface area contributed by atoms with Crippen LogP contribution in [0.5, 0.6) is 0 Å². The number of hydrogen-bond acceptors (Lipinski definition) is 2. The zero-order valence-electron chi connectivity index (χ0n) is 13.5. The predicted octanol–water partition coefficient (Wildman–Crippen LogP) is 3.83. The molecular formula is C17H20F3N3O. The summed E-state index contributed by atoms with van der Waals surface area (Å²) in [6, 6.07) is 5.21. The van der Waals surface area contributed by atoms with Crippen LogP contribution in [-0.2, 0) is 12.7 Å². The van der Waals surface area contributed by atoms with Gasteiger partial charge in [-0.05, 0) is 30.0 Å². The van der Waals surface area contributed by atoms with Gasteiger partial charge in [0.2, 0.25) is 0 Å². The number of rotatable bonds is 6. The van der Waals surface area contributed by atoms with Crippen molar-refractivity contribution in [2.24, 2.45) is 11.7 Å². The number of hydrogen-bond donors (Lipinski definition) is 1. The SMILES string of the molecule is CC(C)CC(Cn1cc(C(N)=O)cn1)c1ccc(C(F)(F)F)cc1. The smallest absolute Gasteiger partial charge is 0.366 e. The third kappa shape index (κ3) is 4.59. The second-order valence-electron chi connectivity index (χ2n) is 6.26. The van der Waals surface area contributed by atoms with Gasteiger partial charge in [0.25, 0.3) is 5.91 Å². The van der Waals surface area contributed by atoms with Crippen LogP contribution in [0.3, 0.4) is 0 Å². The lowest BCUT2D eigenvalue weighted by atomic mass is 9.89.